The first kappa shape index (κ1) is 29.0. The van der Waals surface area contributed by atoms with Crippen LogP contribution in [-0.2, 0) is 26.1 Å². The van der Waals surface area contributed by atoms with Crippen LogP contribution in [0.2, 0.25) is 5.02 Å². The molecule has 0 unspecified atom stereocenters. The van der Waals surface area contributed by atoms with Crippen molar-refractivity contribution in [2.45, 2.75) is 11.3 Å². The number of carbonyl (C=O) groups is 3. The SMILES string of the molecule is C=CCc1cc(/C=C2\C(=O)NC(=O)N(c3cccc([N+](=O)[O-])c3)C2=O)cc(OC)c1OS(=O)(=O)c1ccc(Cl)cc1. The fourth-order valence-electron chi connectivity index (χ4n) is 3.88. The van der Waals surface area contributed by atoms with Crippen LogP contribution in [0.1, 0.15) is 11.1 Å². The van der Waals surface area contributed by atoms with Crippen molar-refractivity contribution in [2.24, 2.45) is 0 Å². The molecule has 1 aliphatic rings. The average Bonchev–Trinajstić information content (AvgIpc) is 2.92. The number of hydrogen-bond acceptors (Lipinski definition) is 9. The molecule has 0 atom stereocenters. The predicted octanol–water partition coefficient (Wildman–Crippen LogP) is 4.42. The zero-order valence-electron chi connectivity index (χ0n) is 21.2. The maximum atomic E-state index is 13.3. The van der Waals surface area contributed by atoms with Crippen molar-refractivity contribution in [1.82, 2.24) is 5.32 Å². The number of methoxy groups -OCH3 is 1. The van der Waals surface area contributed by atoms with E-state index in [1.54, 1.807) is 0 Å². The highest BCUT2D eigenvalue weighted by Crippen LogP contribution is 2.37. The molecule has 14 heteroatoms. The predicted molar refractivity (Wildman–Crippen MR) is 148 cm³/mol. The Morgan fingerprint density at radius 3 is 2.44 bits per heavy atom. The Labute approximate surface area is 238 Å². The first-order chi connectivity index (χ1) is 19.4. The third-order valence-corrected chi connectivity index (χ3v) is 7.23. The summed E-state index contributed by atoms with van der Waals surface area (Å²) in [6, 6.07) is 11.8. The molecule has 1 N–H and O–H groups in total. The summed E-state index contributed by atoms with van der Waals surface area (Å²) in [4.78, 5) is 49.4. The van der Waals surface area contributed by atoms with E-state index in [9.17, 15) is 32.9 Å². The molecule has 1 fully saturated rings. The summed E-state index contributed by atoms with van der Waals surface area (Å²) in [6.45, 7) is 3.67. The van der Waals surface area contributed by atoms with Gasteiger partial charge in [0.1, 0.15) is 10.5 Å². The van der Waals surface area contributed by atoms with E-state index >= 15 is 0 Å². The van der Waals surface area contributed by atoms with E-state index in [4.69, 9.17) is 20.5 Å². The number of benzene rings is 3. The van der Waals surface area contributed by atoms with Gasteiger partial charge in [0.15, 0.2) is 11.5 Å². The van der Waals surface area contributed by atoms with E-state index in [1.165, 1.54) is 73.9 Å². The number of non-ortho nitro benzene ring substituents is 1. The largest absolute Gasteiger partial charge is 0.493 e. The molecule has 41 heavy (non-hydrogen) atoms. The summed E-state index contributed by atoms with van der Waals surface area (Å²) >= 11 is 5.85. The molecule has 0 saturated carbocycles. The number of nitro benzene ring substituents is 1. The van der Waals surface area contributed by atoms with Crippen LogP contribution in [-0.4, -0.2) is 38.3 Å². The van der Waals surface area contributed by atoms with Crippen LogP contribution in [0, 0.1) is 10.1 Å². The molecule has 3 aromatic carbocycles. The van der Waals surface area contributed by atoms with E-state index in [2.05, 4.69) is 6.58 Å². The molecule has 1 aliphatic heterocycles. The van der Waals surface area contributed by atoms with Crippen LogP contribution in [0.25, 0.3) is 6.08 Å². The van der Waals surface area contributed by atoms with Gasteiger partial charge in [0.25, 0.3) is 17.5 Å². The molecular weight excluding hydrogens is 578 g/mol. The second kappa shape index (κ2) is 11.6. The van der Waals surface area contributed by atoms with Crippen LogP contribution in [0.5, 0.6) is 11.5 Å². The Bertz CT molecular complexity index is 1740. The number of amides is 4. The van der Waals surface area contributed by atoms with Gasteiger partial charge in [-0.05, 0) is 60.5 Å². The lowest BCUT2D eigenvalue weighted by Gasteiger charge is -2.26. The number of anilines is 1. The molecule has 1 saturated heterocycles. The number of barbiturate groups is 1. The number of carbonyl (C=O) groups excluding carboxylic acids is 3. The number of hydrogen-bond donors (Lipinski definition) is 1. The molecule has 0 bridgehead atoms. The highest BCUT2D eigenvalue weighted by Gasteiger charge is 2.37. The van der Waals surface area contributed by atoms with Crippen LogP contribution in [0.4, 0.5) is 16.2 Å². The van der Waals surface area contributed by atoms with Crippen LogP contribution >= 0.6 is 11.6 Å². The summed E-state index contributed by atoms with van der Waals surface area (Å²) in [5, 5.41) is 13.5. The zero-order chi connectivity index (χ0) is 29.9. The van der Waals surface area contributed by atoms with Gasteiger partial charge in [-0.3, -0.25) is 25.0 Å². The van der Waals surface area contributed by atoms with Crippen molar-refractivity contribution < 1.29 is 36.6 Å². The Hall–Kier alpha value is -5.01. The molecule has 3 aromatic rings. The lowest BCUT2D eigenvalue weighted by atomic mass is 10.0. The van der Waals surface area contributed by atoms with E-state index in [1.807, 2.05) is 5.32 Å². The molecule has 210 valence electrons. The standard InChI is InChI=1S/C27H20ClN3O9S/c1-3-5-17-12-16(14-23(39-2)24(17)40-41(37,38)21-10-8-18(28)9-11-21)13-22-25(32)29-27(34)30(26(22)33)19-6-4-7-20(15-19)31(35)36/h3-4,6-15H,1,5H2,2H3,(H,29,32,34)/b22-13+. The highest BCUT2D eigenvalue weighted by molar-refractivity contribution is 7.87. The first-order valence-electron chi connectivity index (χ1n) is 11.6. The van der Waals surface area contributed by atoms with Gasteiger partial charge in [-0.25, -0.2) is 9.69 Å². The lowest BCUT2D eigenvalue weighted by Crippen LogP contribution is -2.54. The fourth-order valence-corrected chi connectivity index (χ4v) is 4.98. The number of nitro groups is 1. The second-order valence-electron chi connectivity index (χ2n) is 8.43. The topological polar surface area (TPSA) is 162 Å². The minimum Gasteiger partial charge on any atom is -0.493 e. The van der Waals surface area contributed by atoms with Crippen molar-refractivity contribution >= 4 is 57.0 Å². The monoisotopic (exact) mass is 597 g/mol. The smallest absolute Gasteiger partial charge is 0.339 e. The summed E-state index contributed by atoms with van der Waals surface area (Å²) in [5.41, 5.74) is -0.444. The summed E-state index contributed by atoms with van der Waals surface area (Å²) in [7, 11) is -3.04. The number of urea groups is 1. The van der Waals surface area contributed by atoms with E-state index in [0.29, 0.717) is 15.5 Å². The van der Waals surface area contributed by atoms with Gasteiger partial charge in [0.2, 0.25) is 0 Å². The second-order valence-corrected chi connectivity index (χ2v) is 10.4. The van der Waals surface area contributed by atoms with Gasteiger partial charge in [-0.1, -0.05) is 23.7 Å². The average molecular weight is 598 g/mol. The third-order valence-electron chi connectivity index (χ3n) is 5.75. The van der Waals surface area contributed by atoms with Crippen LogP contribution in [0.3, 0.4) is 0 Å². The number of nitrogens with one attached hydrogen (secondary N) is 1. The van der Waals surface area contributed by atoms with Crippen LogP contribution < -0.4 is 19.1 Å². The van der Waals surface area contributed by atoms with Crippen molar-refractivity contribution in [2.75, 3.05) is 12.0 Å². The molecule has 0 aromatic heterocycles. The van der Waals surface area contributed by atoms with E-state index in [0.717, 1.165) is 6.07 Å². The molecule has 4 rings (SSSR count). The molecule has 0 aliphatic carbocycles. The third kappa shape index (κ3) is 6.10. The Balaban J connectivity index is 1.76. The van der Waals surface area contributed by atoms with Gasteiger partial charge < -0.3 is 8.92 Å². The minimum atomic E-state index is -4.31. The van der Waals surface area contributed by atoms with Gasteiger partial charge in [0.05, 0.1) is 17.7 Å². The first-order valence-corrected chi connectivity index (χ1v) is 13.4. The van der Waals surface area contributed by atoms with Gasteiger partial charge in [-0.15, -0.1) is 6.58 Å². The number of rotatable bonds is 9. The lowest BCUT2D eigenvalue weighted by molar-refractivity contribution is -0.384. The number of imide groups is 2. The molecule has 0 radical (unpaired) electrons. The Morgan fingerprint density at radius 1 is 1.10 bits per heavy atom. The number of ether oxygens (including phenoxy) is 1. The number of allylic oxidation sites excluding steroid dienone is 1. The molecule has 4 amide bonds. The number of nitrogens with zero attached hydrogens (tertiary/aromatic N) is 2. The van der Waals surface area contributed by atoms with Crippen molar-refractivity contribution in [3.8, 4) is 11.5 Å². The minimum absolute atomic E-state index is 0.0379. The highest BCUT2D eigenvalue weighted by atomic mass is 35.5. The maximum absolute atomic E-state index is 13.3. The zero-order valence-corrected chi connectivity index (χ0v) is 22.8. The Kier molecular flexibility index (Phi) is 8.21. The summed E-state index contributed by atoms with van der Waals surface area (Å²) in [6.07, 6.45) is 2.76. The van der Waals surface area contributed by atoms with Crippen molar-refractivity contribution in [3.05, 3.63) is 105 Å². The number of halogens is 1. The Morgan fingerprint density at radius 2 is 1.80 bits per heavy atom. The fraction of sp³-hybridized carbons (Fsp3) is 0.0741. The molecular formula is C27H20ClN3O9S. The van der Waals surface area contributed by atoms with E-state index < -0.39 is 38.5 Å². The quantitative estimate of drug-likeness (QED) is 0.0939. The van der Waals surface area contributed by atoms with E-state index in [-0.39, 0.29) is 39.8 Å². The van der Waals surface area contributed by atoms with Gasteiger partial charge >= 0.3 is 16.1 Å². The van der Waals surface area contributed by atoms with Crippen LogP contribution in [0.15, 0.2) is 83.8 Å². The summed E-state index contributed by atoms with van der Waals surface area (Å²) < 4.78 is 36.7. The molecule has 1 heterocycles. The molecule has 12 nitrogen and oxygen atoms in total. The van der Waals surface area contributed by atoms with Crippen molar-refractivity contribution in [1.29, 1.82) is 0 Å². The van der Waals surface area contributed by atoms with Crippen molar-refractivity contribution in [3.63, 3.8) is 0 Å². The maximum Gasteiger partial charge on any atom is 0.339 e. The normalized spacial score (nSPS) is 14.5. The van der Waals surface area contributed by atoms with Gasteiger partial charge in [-0.2, -0.15) is 8.42 Å². The summed E-state index contributed by atoms with van der Waals surface area (Å²) in [5.74, 6) is -2.22. The molecule has 0 spiro atoms. The van der Waals surface area contributed by atoms with Gasteiger partial charge in [0, 0.05) is 22.7 Å².